The van der Waals surface area contributed by atoms with Crippen molar-refractivity contribution in [2.24, 2.45) is 0 Å². The summed E-state index contributed by atoms with van der Waals surface area (Å²) in [5.41, 5.74) is 4.26. The molecule has 8 heteroatoms. The number of amides is 1. The van der Waals surface area contributed by atoms with E-state index in [4.69, 9.17) is 4.74 Å². The quantitative estimate of drug-likeness (QED) is 0.554. The number of carbonyl (C=O) groups is 1. The molecule has 0 radical (unpaired) electrons. The van der Waals surface area contributed by atoms with Gasteiger partial charge in [0.2, 0.25) is 0 Å². The lowest BCUT2D eigenvalue weighted by molar-refractivity contribution is 0.0697. The van der Waals surface area contributed by atoms with Crippen molar-refractivity contribution < 1.29 is 9.53 Å². The lowest BCUT2D eigenvalue weighted by Crippen LogP contribution is -2.39. The van der Waals surface area contributed by atoms with E-state index < -0.39 is 0 Å². The molecule has 1 aliphatic rings. The van der Waals surface area contributed by atoms with Crippen molar-refractivity contribution in [3.63, 3.8) is 0 Å². The Morgan fingerprint density at radius 2 is 1.97 bits per heavy atom. The summed E-state index contributed by atoms with van der Waals surface area (Å²) in [5, 5.41) is 11.6. The maximum atomic E-state index is 13.0. The van der Waals surface area contributed by atoms with Crippen LogP contribution in [0.5, 0.6) is 0 Å². The topological polar surface area (TPSA) is 86.3 Å². The Morgan fingerprint density at radius 1 is 1.13 bits per heavy atom. The molecule has 0 atom stereocenters. The number of rotatable bonds is 5. The molecule has 152 valence electrons. The van der Waals surface area contributed by atoms with E-state index in [1.54, 1.807) is 10.7 Å². The smallest absolute Gasteiger partial charge is 0.255 e. The van der Waals surface area contributed by atoms with Crippen molar-refractivity contribution in [3.05, 3.63) is 78.0 Å². The first kappa shape index (κ1) is 18.5. The Labute approximate surface area is 173 Å². The van der Waals surface area contributed by atoms with Crippen LogP contribution in [0.1, 0.15) is 34.3 Å². The van der Waals surface area contributed by atoms with Crippen LogP contribution in [-0.2, 0) is 11.2 Å². The van der Waals surface area contributed by atoms with Gasteiger partial charge < -0.3 is 10.1 Å². The summed E-state index contributed by atoms with van der Waals surface area (Å²) in [5.74, 6) is -0.115. The Kier molecular flexibility index (Phi) is 4.98. The zero-order chi connectivity index (χ0) is 20.3. The Hall–Kier alpha value is -3.52. The Morgan fingerprint density at radius 3 is 2.73 bits per heavy atom. The molecule has 1 aromatic carbocycles. The van der Waals surface area contributed by atoms with Crippen LogP contribution < -0.4 is 5.32 Å². The fourth-order valence-electron chi connectivity index (χ4n) is 3.77. The predicted molar refractivity (Wildman–Crippen MR) is 111 cm³/mol. The van der Waals surface area contributed by atoms with E-state index in [1.807, 2.05) is 41.3 Å². The van der Waals surface area contributed by atoms with E-state index in [0.29, 0.717) is 30.8 Å². The molecule has 0 spiro atoms. The van der Waals surface area contributed by atoms with Crippen LogP contribution >= 0.6 is 0 Å². The van der Waals surface area contributed by atoms with Crippen molar-refractivity contribution in [2.75, 3.05) is 13.2 Å². The Bertz CT molecular complexity index is 1140. The van der Waals surface area contributed by atoms with E-state index in [-0.39, 0.29) is 11.9 Å². The number of pyridine rings is 1. The van der Waals surface area contributed by atoms with Gasteiger partial charge in [-0.25, -0.2) is 14.2 Å². The van der Waals surface area contributed by atoms with Gasteiger partial charge in [0.1, 0.15) is 6.33 Å². The van der Waals surface area contributed by atoms with Gasteiger partial charge in [0.25, 0.3) is 5.91 Å². The second-order valence-electron chi connectivity index (χ2n) is 7.44. The van der Waals surface area contributed by atoms with Gasteiger partial charge in [-0.15, -0.1) is 0 Å². The van der Waals surface area contributed by atoms with E-state index in [2.05, 4.69) is 32.6 Å². The molecule has 5 rings (SSSR count). The highest BCUT2D eigenvalue weighted by Gasteiger charge is 2.20. The molecule has 1 fully saturated rings. The summed E-state index contributed by atoms with van der Waals surface area (Å²) in [7, 11) is 0. The number of hydrogen-bond acceptors (Lipinski definition) is 5. The summed E-state index contributed by atoms with van der Waals surface area (Å²) < 4.78 is 8.88. The van der Waals surface area contributed by atoms with Gasteiger partial charge >= 0.3 is 0 Å². The van der Waals surface area contributed by atoms with Crippen LogP contribution in [-0.4, -0.2) is 49.5 Å². The number of aromatic nitrogens is 5. The van der Waals surface area contributed by atoms with E-state index in [0.717, 1.165) is 29.7 Å². The largest absolute Gasteiger partial charge is 0.381 e. The van der Waals surface area contributed by atoms with Crippen molar-refractivity contribution >= 4 is 11.6 Å². The molecule has 0 aliphatic carbocycles. The highest BCUT2D eigenvalue weighted by molar-refractivity contribution is 6.00. The zero-order valence-electron chi connectivity index (χ0n) is 16.4. The zero-order valence-corrected chi connectivity index (χ0v) is 16.4. The third kappa shape index (κ3) is 3.81. The minimum absolute atomic E-state index is 0.115. The molecule has 0 unspecified atom stereocenters. The highest BCUT2D eigenvalue weighted by Crippen LogP contribution is 2.17. The van der Waals surface area contributed by atoms with Crippen molar-refractivity contribution in [2.45, 2.75) is 25.3 Å². The molecule has 30 heavy (non-hydrogen) atoms. The average molecular weight is 402 g/mol. The fourth-order valence-corrected chi connectivity index (χ4v) is 3.77. The number of ether oxygens (including phenoxy) is 1. The van der Waals surface area contributed by atoms with Crippen LogP contribution in [0, 0.1) is 0 Å². The van der Waals surface area contributed by atoms with Crippen molar-refractivity contribution in [1.29, 1.82) is 0 Å². The van der Waals surface area contributed by atoms with Crippen LogP contribution in [0.3, 0.4) is 0 Å². The van der Waals surface area contributed by atoms with Crippen LogP contribution in [0.15, 0.2) is 61.3 Å². The molecule has 0 bridgehead atoms. The summed E-state index contributed by atoms with van der Waals surface area (Å²) >= 11 is 0. The fraction of sp³-hybridized carbons (Fsp3) is 0.273. The molecular formula is C22H22N6O2. The first-order chi connectivity index (χ1) is 14.8. The second-order valence-corrected chi connectivity index (χ2v) is 7.44. The minimum atomic E-state index is -0.115. The molecule has 4 heterocycles. The first-order valence-corrected chi connectivity index (χ1v) is 10.1. The van der Waals surface area contributed by atoms with Crippen LogP contribution in [0.2, 0.25) is 0 Å². The molecule has 8 nitrogen and oxygen atoms in total. The molecule has 1 amide bonds. The third-order valence-corrected chi connectivity index (χ3v) is 5.35. The molecule has 4 aromatic rings. The number of nitrogens with one attached hydrogen (secondary N) is 1. The molecular weight excluding hydrogens is 380 g/mol. The van der Waals surface area contributed by atoms with Crippen LogP contribution in [0.25, 0.3) is 11.3 Å². The summed E-state index contributed by atoms with van der Waals surface area (Å²) in [4.78, 5) is 17.2. The predicted octanol–water partition coefficient (Wildman–Crippen LogP) is 2.41. The summed E-state index contributed by atoms with van der Waals surface area (Å²) in [6.45, 7) is 1.36. The number of benzene rings is 1. The van der Waals surface area contributed by atoms with Gasteiger partial charge in [0.05, 0.1) is 11.3 Å². The summed E-state index contributed by atoms with van der Waals surface area (Å²) in [6.07, 6.45) is 9.42. The monoisotopic (exact) mass is 402 g/mol. The number of fused-ring (bicyclic) bond motifs is 1. The van der Waals surface area contributed by atoms with Crippen molar-refractivity contribution in [3.8, 4) is 5.69 Å². The van der Waals surface area contributed by atoms with Gasteiger partial charge in [-0.3, -0.25) is 4.79 Å². The van der Waals surface area contributed by atoms with E-state index in [1.165, 1.54) is 6.33 Å². The molecule has 0 saturated carbocycles. The van der Waals surface area contributed by atoms with Gasteiger partial charge in [-0.05, 0) is 54.7 Å². The van der Waals surface area contributed by atoms with E-state index in [9.17, 15) is 4.79 Å². The van der Waals surface area contributed by atoms with Gasteiger partial charge in [-0.2, -0.15) is 10.2 Å². The third-order valence-electron chi connectivity index (χ3n) is 5.35. The highest BCUT2D eigenvalue weighted by atomic mass is 16.5. The maximum absolute atomic E-state index is 13.0. The average Bonchev–Trinajstić information content (AvgIpc) is 3.47. The van der Waals surface area contributed by atoms with E-state index >= 15 is 0 Å². The SMILES string of the molecule is O=C(NC1CCOCC1)c1cc(Cc2ccc(-n3cccn3)cc2)cn2ncnc12. The maximum Gasteiger partial charge on any atom is 0.255 e. The number of carbonyl (C=O) groups excluding carboxylic acids is 1. The van der Waals surface area contributed by atoms with Gasteiger partial charge in [0.15, 0.2) is 5.65 Å². The lowest BCUT2D eigenvalue weighted by atomic mass is 10.0. The van der Waals surface area contributed by atoms with Gasteiger partial charge in [-0.1, -0.05) is 12.1 Å². The standard InChI is InChI=1S/C22H22N6O2/c29-22(26-18-6-10-30-11-7-18)20-13-17(14-28-21(20)23-15-25-28)12-16-2-4-19(5-3-16)27-9-1-8-24-27/h1-5,8-9,13-15,18H,6-7,10-12H2,(H,26,29). The molecule has 1 saturated heterocycles. The van der Waals surface area contributed by atoms with Gasteiger partial charge in [0, 0.05) is 37.8 Å². The summed E-state index contributed by atoms with van der Waals surface area (Å²) in [6, 6.07) is 12.2. The lowest BCUT2D eigenvalue weighted by Gasteiger charge is -2.23. The normalized spacial score (nSPS) is 14.8. The first-order valence-electron chi connectivity index (χ1n) is 10.1. The van der Waals surface area contributed by atoms with Crippen LogP contribution in [0.4, 0.5) is 0 Å². The number of nitrogens with zero attached hydrogens (tertiary/aromatic N) is 5. The second kappa shape index (κ2) is 8.08. The number of hydrogen-bond donors (Lipinski definition) is 1. The Balaban J connectivity index is 1.39. The molecule has 3 aromatic heterocycles. The minimum Gasteiger partial charge on any atom is -0.381 e. The molecule has 1 aliphatic heterocycles. The van der Waals surface area contributed by atoms with Crippen molar-refractivity contribution in [1.82, 2.24) is 29.7 Å². The molecule has 1 N–H and O–H groups in total.